The predicted octanol–water partition coefficient (Wildman–Crippen LogP) is 3.75. The van der Waals surface area contributed by atoms with Gasteiger partial charge in [-0.05, 0) is 50.4 Å². The highest BCUT2D eigenvalue weighted by atomic mass is 16.5. The Hall–Kier alpha value is -0.0800. The molecule has 18 heavy (non-hydrogen) atoms. The molecule has 0 heterocycles. The van der Waals surface area contributed by atoms with Crippen molar-refractivity contribution in [3.05, 3.63) is 0 Å². The molecule has 2 aliphatic rings. The highest BCUT2D eigenvalue weighted by molar-refractivity contribution is 4.85. The van der Waals surface area contributed by atoms with E-state index in [1.807, 2.05) is 7.11 Å². The van der Waals surface area contributed by atoms with Gasteiger partial charge in [-0.15, -0.1) is 0 Å². The Balaban J connectivity index is 1.74. The molecular weight excluding hydrogens is 222 g/mol. The van der Waals surface area contributed by atoms with Crippen LogP contribution in [0.1, 0.15) is 65.2 Å². The van der Waals surface area contributed by atoms with Crippen molar-refractivity contribution in [3.8, 4) is 0 Å². The lowest BCUT2D eigenvalue weighted by atomic mass is 9.89. The third-order valence-electron chi connectivity index (χ3n) is 5.15. The van der Waals surface area contributed by atoms with Gasteiger partial charge in [-0.25, -0.2) is 0 Å². The maximum Gasteiger partial charge on any atom is 0.0586 e. The quantitative estimate of drug-likeness (QED) is 0.771. The minimum absolute atomic E-state index is 0.511. The van der Waals surface area contributed by atoms with Crippen LogP contribution in [0.2, 0.25) is 0 Å². The third-order valence-corrected chi connectivity index (χ3v) is 5.15. The van der Waals surface area contributed by atoms with Crippen LogP contribution in [-0.2, 0) is 4.74 Å². The van der Waals surface area contributed by atoms with Crippen molar-refractivity contribution >= 4 is 0 Å². The van der Waals surface area contributed by atoms with E-state index in [4.69, 9.17) is 4.74 Å². The van der Waals surface area contributed by atoms with E-state index in [1.54, 1.807) is 0 Å². The van der Waals surface area contributed by atoms with Gasteiger partial charge in [-0.3, -0.25) is 0 Å². The number of methoxy groups -OCH3 is 1. The Morgan fingerprint density at radius 2 is 1.72 bits per heavy atom. The Bertz CT molecular complexity index is 241. The van der Waals surface area contributed by atoms with E-state index in [0.717, 1.165) is 23.9 Å². The van der Waals surface area contributed by atoms with E-state index >= 15 is 0 Å². The second-order valence-electron chi connectivity index (χ2n) is 6.74. The van der Waals surface area contributed by atoms with Crippen molar-refractivity contribution in [2.75, 3.05) is 7.11 Å². The first-order chi connectivity index (χ1) is 8.69. The molecule has 0 saturated heterocycles. The van der Waals surface area contributed by atoms with Crippen molar-refractivity contribution in [2.24, 2.45) is 11.8 Å². The molecule has 0 aromatic heterocycles. The van der Waals surface area contributed by atoms with Crippen LogP contribution < -0.4 is 5.32 Å². The summed E-state index contributed by atoms with van der Waals surface area (Å²) in [6, 6.07) is 1.49. The van der Waals surface area contributed by atoms with Crippen LogP contribution in [-0.4, -0.2) is 25.3 Å². The first-order valence-corrected chi connectivity index (χ1v) is 7.98. The molecule has 2 fully saturated rings. The summed E-state index contributed by atoms with van der Waals surface area (Å²) in [5.74, 6) is 1.83. The summed E-state index contributed by atoms with van der Waals surface area (Å²) in [6.07, 6.45) is 11.3. The van der Waals surface area contributed by atoms with E-state index in [0.29, 0.717) is 6.10 Å². The molecule has 0 amide bonds. The molecule has 106 valence electrons. The topological polar surface area (TPSA) is 21.3 Å². The average Bonchev–Trinajstić information content (AvgIpc) is 2.66. The molecule has 0 aromatic rings. The molecule has 2 aliphatic carbocycles. The molecular formula is C16H31NO. The van der Waals surface area contributed by atoms with E-state index in [9.17, 15) is 0 Å². The SMILES string of the molecule is COC1CCC(NC2CCCC(C(C)C)CC2)C1. The fraction of sp³-hybridized carbons (Fsp3) is 1.00. The molecule has 0 spiro atoms. The second-order valence-corrected chi connectivity index (χ2v) is 6.74. The summed E-state index contributed by atoms with van der Waals surface area (Å²) >= 11 is 0. The van der Waals surface area contributed by atoms with E-state index < -0.39 is 0 Å². The molecule has 0 bridgehead atoms. The van der Waals surface area contributed by atoms with Gasteiger partial charge >= 0.3 is 0 Å². The summed E-state index contributed by atoms with van der Waals surface area (Å²) in [4.78, 5) is 0. The summed E-state index contributed by atoms with van der Waals surface area (Å²) in [7, 11) is 1.85. The lowest BCUT2D eigenvalue weighted by molar-refractivity contribution is 0.106. The van der Waals surface area contributed by atoms with E-state index in [2.05, 4.69) is 19.2 Å². The van der Waals surface area contributed by atoms with Crippen LogP contribution in [0.5, 0.6) is 0 Å². The fourth-order valence-corrected chi connectivity index (χ4v) is 3.80. The first kappa shape index (κ1) is 14.3. The summed E-state index contributed by atoms with van der Waals surface area (Å²) in [5, 5.41) is 3.90. The van der Waals surface area contributed by atoms with Crippen LogP contribution in [0.15, 0.2) is 0 Å². The molecule has 0 radical (unpaired) electrons. The maximum atomic E-state index is 5.46. The van der Waals surface area contributed by atoms with E-state index in [1.165, 1.54) is 51.4 Å². The lowest BCUT2D eigenvalue weighted by Gasteiger charge is -2.22. The summed E-state index contributed by atoms with van der Waals surface area (Å²) in [6.45, 7) is 4.77. The first-order valence-electron chi connectivity index (χ1n) is 7.98. The second kappa shape index (κ2) is 6.91. The zero-order valence-corrected chi connectivity index (χ0v) is 12.5. The monoisotopic (exact) mass is 253 g/mol. The van der Waals surface area contributed by atoms with Gasteiger partial charge in [0.25, 0.3) is 0 Å². The predicted molar refractivity (Wildman–Crippen MR) is 76.8 cm³/mol. The molecule has 2 nitrogen and oxygen atoms in total. The van der Waals surface area contributed by atoms with Gasteiger partial charge in [-0.2, -0.15) is 0 Å². The molecule has 4 atom stereocenters. The minimum Gasteiger partial charge on any atom is -0.381 e. The van der Waals surface area contributed by atoms with Gasteiger partial charge in [0.05, 0.1) is 6.10 Å². The molecule has 2 heteroatoms. The molecule has 4 unspecified atom stereocenters. The molecule has 2 rings (SSSR count). The number of nitrogens with one attached hydrogen (secondary N) is 1. The number of hydrogen-bond donors (Lipinski definition) is 1. The van der Waals surface area contributed by atoms with Gasteiger partial charge in [-0.1, -0.05) is 26.7 Å². The highest BCUT2D eigenvalue weighted by Crippen LogP contribution is 2.30. The lowest BCUT2D eigenvalue weighted by Crippen LogP contribution is -2.37. The van der Waals surface area contributed by atoms with Gasteiger partial charge in [0, 0.05) is 19.2 Å². The van der Waals surface area contributed by atoms with Crippen molar-refractivity contribution in [1.82, 2.24) is 5.32 Å². The molecule has 0 aliphatic heterocycles. The Kier molecular flexibility index (Phi) is 5.50. The van der Waals surface area contributed by atoms with Crippen molar-refractivity contribution < 1.29 is 4.74 Å². The standard InChI is InChI=1S/C16H31NO/c1-12(2)13-5-4-6-14(8-7-13)17-15-9-10-16(11-15)18-3/h12-17H,4-11H2,1-3H3. The van der Waals surface area contributed by atoms with Gasteiger partial charge in [0.2, 0.25) is 0 Å². The molecule has 2 saturated carbocycles. The van der Waals surface area contributed by atoms with Crippen LogP contribution in [0, 0.1) is 11.8 Å². The van der Waals surface area contributed by atoms with Crippen molar-refractivity contribution in [3.63, 3.8) is 0 Å². The van der Waals surface area contributed by atoms with Crippen molar-refractivity contribution in [1.29, 1.82) is 0 Å². The van der Waals surface area contributed by atoms with Gasteiger partial charge < -0.3 is 10.1 Å². The molecule has 1 N–H and O–H groups in total. The highest BCUT2D eigenvalue weighted by Gasteiger charge is 2.27. The van der Waals surface area contributed by atoms with Gasteiger partial charge in [0.1, 0.15) is 0 Å². The third kappa shape index (κ3) is 3.96. The zero-order chi connectivity index (χ0) is 13.0. The van der Waals surface area contributed by atoms with Crippen LogP contribution in [0.25, 0.3) is 0 Å². The van der Waals surface area contributed by atoms with Crippen LogP contribution in [0.4, 0.5) is 0 Å². The number of hydrogen-bond acceptors (Lipinski definition) is 2. The largest absolute Gasteiger partial charge is 0.381 e. The minimum atomic E-state index is 0.511. The average molecular weight is 253 g/mol. The van der Waals surface area contributed by atoms with Crippen molar-refractivity contribution in [2.45, 2.75) is 83.4 Å². The summed E-state index contributed by atoms with van der Waals surface area (Å²) in [5.41, 5.74) is 0. The Morgan fingerprint density at radius 1 is 0.944 bits per heavy atom. The number of ether oxygens (including phenoxy) is 1. The molecule has 0 aromatic carbocycles. The van der Waals surface area contributed by atoms with Gasteiger partial charge in [0.15, 0.2) is 0 Å². The smallest absolute Gasteiger partial charge is 0.0586 e. The number of rotatable bonds is 4. The normalized spacial score (nSPS) is 38.0. The van der Waals surface area contributed by atoms with Crippen LogP contribution >= 0.6 is 0 Å². The maximum absolute atomic E-state index is 5.46. The Labute approximate surface area is 113 Å². The van der Waals surface area contributed by atoms with E-state index in [-0.39, 0.29) is 0 Å². The summed E-state index contributed by atoms with van der Waals surface area (Å²) < 4.78 is 5.46. The van der Waals surface area contributed by atoms with Crippen LogP contribution in [0.3, 0.4) is 0 Å². The zero-order valence-electron chi connectivity index (χ0n) is 12.5. The Morgan fingerprint density at radius 3 is 2.39 bits per heavy atom. The fourth-order valence-electron chi connectivity index (χ4n) is 3.80.